The van der Waals surface area contributed by atoms with Gasteiger partial charge in [0.1, 0.15) is 11.6 Å². The van der Waals surface area contributed by atoms with Gasteiger partial charge in [0.25, 0.3) is 5.91 Å². The molecule has 1 saturated heterocycles. The summed E-state index contributed by atoms with van der Waals surface area (Å²) in [7, 11) is 0. The first-order chi connectivity index (χ1) is 16.7. The molecule has 178 valence electrons. The lowest BCUT2D eigenvalue weighted by Crippen LogP contribution is -2.46. The first-order valence-electron chi connectivity index (χ1n) is 10.9. The highest BCUT2D eigenvalue weighted by Crippen LogP contribution is 2.38. The molecule has 1 fully saturated rings. The summed E-state index contributed by atoms with van der Waals surface area (Å²) in [5, 5.41) is 7.36. The van der Waals surface area contributed by atoms with Crippen LogP contribution in [0, 0.1) is 5.82 Å². The van der Waals surface area contributed by atoms with Gasteiger partial charge in [-0.3, -0.25) is 14.5 Å². The van der Waals surface area contributed by atoms with Gasteiger partial charge in [-0.25, -0.2) is 14.1 Å². The number of carbonyl (C=O) groups is 2. The van der Waals surface area contributed by atoms with E-state index < -0.39 is 23.9 Å². The molecule has 1 aliphatic rings. The third kappa shape index (κ3) is 4.23. The van der Waals surface area contributed by atoms with E-state index in [0.29, 0.717) is 34.9 Å². The number of benzene rings is 2. The fourth-order valence-corrected chi connectivity index (χ4v) is 4.29. The molecular formula is C25H20F3N5O2. The minimum atomic E-state index is -3.58. The topological polar surface area (TPSA) is 80.1 Å². The van der Waals surface area contributed by atoms with Gasteiger partial charge in [-0.1, -0.05) is 30.3 Å². The molecule has 0 spiro atoms. The molecule has 0 aliphatic carbocycles. The maximum atomic E-state index is 13.6. The van der Waals surface area contributed by atoms with Gasteiger partial charge in [-0.15, -0.1) is 0 Å². The minimum absolute atomic E-state index is 0.157. The van der Waals surface area contributed by atoms with Crippen molar-refractivity contribution in [1.82, 2.24) is 20.1 Å². The van der Waals surface area contributed by atoms with Crippen LogP contribution in [-0.2, 0) is 9.59 Å². The summed E-state index contributed by atoms with van der Waals surface area (Å²) in [4.78, 5) is 31.0. The van der Waals surface area contributed by atoms with Gasteiger partial charge in [0.2, 0.25) is 5.91 Å². The Morgan fingerprint density at radius 1 is 1.09 bits per heavy atom. The number of pyridine rings is 1. The number of alkyl halides is 2. The van der Waals surface area contributed by atoms with Crippen molar-refractivity contribution < 1.29 is 22.8 Å². The van der Waals surface area contributed by atoms with Crippen LogP contribution in [0.5, 0.6) is 0 Å². The number of halogens is 3. The maximum Gasteiger partial charge on any atom is 0.321 e. The number of hydrogen-bond acceptors (Lipinski definition) is 4. The van der Waals surface area contributed by atoms with E-state index in [2.05, 4.69) is 15.4 Å². The fraction of sp³-hybridized carbons (Fsp3) is 0.200. The van der Waals surface area contributed by atoms with Crippen molar-refractivity contribution in [3.63, 3.8) is 0 Å². The Bertz CT molecular complexity index is 1400. The lowest BCUT2D eigenvalue weighted by molar-refractivity contribution is -0.143. The third-order valence-electron chi connectivity index (χ3n) is 5.94. The van der Waals surface area contributed by atoms with Crippen LogP contribution in [0.3, 0.4) is 0 Å². The number of fused-ring (bicyclic) bond motifs is 1. The Morgan fingerprint density at radius 3 is 2.49 bits per heavy atom. The number of nitrogens with one attached hydrogen (secondary N) is 1. The van der Waals surface area contributed by atoms with Crippen molar-refractivity contribution in [1.29, 1.82) is 0 Å². The van der Waals surface area contributed by atoms with Crippen molar-refractivity contribution in [2.75, 3.05) is 4.90 Å². The fourth-order valence-electron chi connectivity index (χ4n) is 4.29. The summed E-state index contributed by atoms with van der Waals surface area (Å²) in [5.41, 5.74) is 1.95. The van der Waals surface area contributed by atoms with Crippen molar-refractivity contribution in [2.45, 2.75) is 31.4 Å². The SMILES string of the molecule is CC(F)(F)C(=O)N[C@H]1CC(=O)N(c2cc3cnn(-c4ccc(F)cc4)c3cn2)[C@@H]1c1ccccc1. The lowest BCUT2D eigenvalue weighted by atomic mass is 9.99. The summed E-state index contributed by atoms with van der Waals surface area (Å²) in [5.74, 6) is -5.45. The van der Waals surface area contributed by atoms with Crippen LogP contribution in [0.2, 0.25) is 0 Å². The molecule has 2 aromatic carbocycles. The standard InChI is InChI=1S/C25H20F3N5O2/c1-25(27,28)24(35)31-19-12-22(34)32(23(19)15-5-3-2-4-6-15)21-11-16-13-30-33(20(16)14-29-21)18-9-7-17(26)8-10-18/h2-11,13-14,19,23H,12H2,1H3,(H,31,35)/t19-,23+/m0/s1. The zero-order valence-electron chi connectivity index (χ0n) is 18.5. The number of carbonyl (C=O) groups excluding carboxylic acids is 2. The number of anilines is 1. The van der Waals surface area contributed by atoms with Gasteiger partial charge < -0.3 is 5.32 Å². The van der Waals surface area contributed by atoms with Gasteiger partial charge in [-0.2, -0.15) is 13.9 Å². The van der Waals surface area contributed by atoms with Crippen LogP contribution in [0.15, 0.2) is 73.1 Å². The molecule has 0 radical (unpaired) electrons. The second-order valence-electron chi connectivity index (χ2n) is 8.43. The Balaban J connectivity index is 1.53. The Hall–Kier alpha value is -4.21. The highest BCUT2D eigenvalue weighted by Gasteiger charge is 2.45. The van der Waals surface area contributed by atoms with E-state index in [1.54, 1.807) is 65.6 Å². The van der Waals surface area contributed by atoms with Crippen molar-refractivity contribution >= 4 is 28.5 Å². The molecule has 2 amide bonds. The largest absolute Gasteiger partial charge is 0.345 e. The van der Waals surface area contributed by atoms with Crippen LogP contribution in [0.25, 0.3) is 16.6 Å². The van der Waals surface area contributed by atoms with Crippen molar-refractivity contribution in [3.8, 4) is 5.69 Å². The zero-order chi connectivity index (χ0) is 24.7. The predicted octanol–water partition coefficient (Wildman–Crippen LogP) is 4.18. The number of rotatable bonds is 5. The molecule has 0 saturated carbocycles. The second-order valence-corrected chi connectivity index (χ2v) is 8.43. The Morgan fingerprint density at radius 2 is 1.80 bits per heavy atom. The first-order valence-corrected chi connectivity index (χ1v) is 10.9. The first kappa shape index (κ1) is 22.6. The molecule has 2 aromatic heterocycles. The van der Waals surface area contributed by atoms with Gasteiger partial charge in [0.15, 0.2) is 0 Å². The van der Waals surface area contributed by atoms with Gasteiger partial charge >= 0.3 is 5.92 Å². The summed E-state index contributed by atoms with van der Waals surface area (Å²) in [6.07, 6.45) is 2.98. The molecule has 1 aliphatic heterocycles. The Kier molecular flexibility index (Phi) is 5.50. The van der Waals surface area contributed by atoms with Crippen LogP contribution >= 0.6 is 0 Å². The quantitative estimate of drug-likeness (QED) is 0.466. The normalized spacial score (nSPS) is 18.3. The lowest BCUT2D eigenvalue weighted by Gasteiger charge is -2.29. The molecule has 4 aromatic rings. The molecule has 7 nitrogen and oxygen atoms in total. The maximum absolute atomic E-state index is 13.6. The van der Waals surface area contributed by atoms with Crippen LogP contribution in [-0.4, -0.2) is 38.5 Å². The predicted molar refractivity (Wildman–Crippen MR) is 123 cm³/mol. The average Bonchev–Trinajstić information content (AvgIpc) is 3.39. The number of hydrogen-bond donors (Lipinski definition) is 1. The van der Waals surface area contributed by atoms with Crippen LogP contribution < -0.4 is 10.2 Å². The molecular weight excluding hydrogens is 459 g/mol. The molecule has 0 bridgehead atoms. The minimum Gasteiger partial charge on any atom is -0.345 e. The molecule has 3 heterocycles. The van der Waals surface area contributed by atoms with E-state index in [1.807, 2.05) is 0 Å². The van der Waals surface area contributed by atoms with E-state index in [9.17, 15) is 22.8 Å². The van der Waals surface area contributed by atoms with Crippen molar-refractivity contribution in [2.24, 2.45) is 0 Å². The van der Waals surface area contributed by atoms with Gasteiger partial charge in [0, 0.05) is 18.7 Å². The zero-order valence-corrected chi connectivity index (χ0v) is 18.5. The van der Waals surface area contributed by atoms with Gasteiger partial charge in [0.05, 0.1) is 35.7 Å². The smallest absolute Gasteiger partial charge is 0.321 e. The Labute approximate surface area is 198 Å². The average molecular weight is 479 g/mol. The molecule has 5 rings (SSSR count). The van der Waals surface area contributed by atoms with E-state index >= 15 is 0 Å². The third-order valence-corrected chi connectivity index (χ3v) is 5.94. The summed E-state index contributed by atoms with van der Waals surface area (Å²) in [6.45, 7) is 0.517. The number of aromatic nitrogens is 3. The van der Waals surface area contributed by atoms with Gasteiger partial charge in [-0.05, 0) is 35.9 Å². The van der Waals surface area contributed by atoms with E-state index in [-0.39, 0.29) is 18.1 Å². The highest BCUT2D eigenvalue weighted by molar-refractivity contribution is 5.99. The second kappa shape index (κ2) is 8.53. The van der Waals surface area contributed by atoms with Crippen LogP contribution in [0.4, 0.5) is 19.0 Å². The molecule has 10 heteroatoms. The number of amides is 2. The summed E-state index contributed by atoms with van der Waals surface area (Å²) >= 11 is 0. The highest BCUT2D eigenvalue weighted by atomic mass is 19.3. The van der Waals surface area contributed by atoms with E-state index in [1.165, 1.54) is 17.0 Å². The molecule has 0 unspecified atom stereocenters. The summed E-state index contributed by atoms with van der Waals surface area (Å²) < 4.78 is 42.1. The molecule has 2 atom stereocenters. The van der Waals surface area contributed by atoms with Crippen LogP contribution in [0.1, 0.15) is 24.9 Å². The monoisotopic (exact) mass is 479 g/mol. The molecule has 35 heavy (non-hydrogen) atoms. The van der Waals surface area contributed by atoms with E-state index in [4.69, 9.17) is 0 Å². The summed E-state index contributed by atoms with van der Waals surface area (Å²) in [6, 6.07) is 14.8. The van der Waals surface area contributed by atoms with Crippen molar-refractivity contribution in [3.05, 3.63) is 84.4 Å². The van der Waals surface area contributed by atoms with E-state index in [0.717, 1.165) is 0 Å². The molecule has 1 N–H and O–H groups in total. The number of nitrogens with zero attached hydrogens (tertiary/aromatic N) is 4.